The van der Waals surface area contributed by atoms with Gasteiger partial charge in [0.1, 0.15) is 18.8 Å². The summed E-state index contributed by atoms with van der Waals surface area (Å²) in [6, 6.07) is 0. The SMILES string of the molecule is O=C(OCCS(=O)(=O)[O-])C1C2C=CC(C2)C1C(=O)OC1C2CC3C1OS(=O)(=O)C3C2. The summed E-state index contributed by atoms with van der Waals surface area (Å²) in [5.41, 5.74) is 0. The van der Waals surface area contributed by atoms with Crippen LogP contribution in [0.4, 0.5) is 0 Å². The van der Waals surface area contributed by atoms with Crippen molar-refractivity contribution in [2.24, 2.45) is 35.5 Å². The average molecular weight is 461 g/mol. The molecule has 9 atom stereocenters. The molecule has 0 amide bonds. The number of carbonyl (C=O) groups is 2. The molecule has 4 fully saturated rings. The summed E-state index contributed by atoms with van der Waals surface area (Å²) in [6.45, 7) is -0.564. The number of esters is 2. The predicted molar refractivity (Wildman–Crippen MR) is 96.9 cm³/mol. The molecule has 1 saturated heterocycles. The van der Waals surface area contributed by atoms with Gasteiger partial charge in [0.25, 0.3) is 10.1 Å². The molecule has 4 bridgehead atoms. The van der Waals surface area contributed by atoms with E-state index < -0.39 is 73.8 Å². The number of fused-ring (bicyclic) bond motifs is 3. The first kappa shape index (κ1) is 20.4. The van der Waals surface area contributed by atoms with Crippen LogP contribution < -0.4 is 0 Å². The van der Waals surface area contributed by atoms with E-state index in [2.05, 4.69) is 0 Å². The molecule has 5 rings (SSSR count). The second-order valence-electron chi connectivity index (χ2n) is 8.82. The Balaban J connectivity index is 1.28. The topological polar surface area (TPSA) is 153 Å². The Bertz CT molecular complexity index is 1020. The highest BCUT2D eigenvalue weighted by molar-refractivity contribution is 7.87. The molecule has 1 aliphatic heterocycles. The Morgan fingerprint density at radius 1 is 1.07 bits per heavy atom. The number of ether oxygens (including phenoxy) is 2. The summed E-state index contributed by atoms with van der Waals surface area (Å²) < 4.78 is 72.2. The van der Waals surface area contributed by atoms with E-state index in [-0.39, 0.29) is 23.7 Å². The molecule has 12 heteroatoms. The fourth-order valence-corrected chi connectivity index (χ4v) is 8.23. The van der Waals surface area contributed by atoms with Crippen molar-refractivity contribution in [1.29, 1.82) is 0 Å². The van der Waals surface area contributed by atoms with Gasteiger partial charge >= 0.3 is 11.9 Å². The summed E-state index contributed by atoms with van der Waals surface area (Å²) in [5.74, 6) is -4.42. The van der Waals surface area contributed by atoms with E-state index in [4.69, 9.17) is 13.7 Å². The fourth-order valence-electron chi connectivity index (χ4n) is 6.06. The van der Waals surface area contributed by atoms with Crippen molar-refractivity contribution >= 4 is 32.2 Å². The highest BCUT2D eigenvalue weighted by Gasteiger charge is 2.66. The predicted octanol–water partition coefficient (Wildman–Crippen LogP) is -0.438. The average Bonchev–Trinajstić information content (AvgIpc) is 3.41. The molecule has 0 aromatic heterocycles. The number of hydrogen-bond acceptors (Lipinski definition) is 10. The Hall–Kier alpha value is -1.50. The molecule has 1 heterocycles. The third-order valence-corrected chi connectivity index (χ3v) is 9.69. The monoisotopic (exact) mass is 461 g/mol. The van der Waals surface area contributed by atoms with Gasteiger partial charge in [-0.1, -0.05) is 12.2 Å². The van der Waals surface area contributed by atoms with E-state index in [1.165, 1.54) is 0 Å². The second kappa shape index (κ2) is 6.75. The smallest absolute Gasteiger partial charge is 0.310 e. The number of carbonyl (C=O) groups excluding carboxylic acids is 2. The number of hydrogen-bond donors (Lipinski definition) is 0. The number of allylic oxidation sites excluding steroid dienone is 2. The standard InChI is InChI=1S/C18H22O10S2/c19-17(26-3-4-29(21,22)23)13-8-1-2-9(5-8)14(13)18(20)27-15-10-6-11-12(7-10)30(24,25)28-16(11)15/h1-2,8-16H,3-7H2,(H,21,22,23)/p-1. The second-order valence-corrected chi connectivity index (χ2v) is 12.1. The molecule has 30 heavy (non-hydrogen) atoms. The molecule has 10 nitrogen and oxygen atoms in total. The Morgan fingerprint density at radius 3 is 2.40 bits per heavy atom. The molecule has 4 aliphatic carbocycles. The van der Waals surface area contributed by atoms with Gasteiger partial charge in [0, 0.05) is 11.8 Å². The lowest BCUT2D eigenvalue weighted by Crippen LogP contribution is -2.42. The molecule has 0 radical (unpaired) electrons. The van der Waals surface area contributed by atoms with Gasteiger partial charge in [0.05, 0.1) is 33.0 Å². The fraction of sp³-hybridized carbons (Fsp3) is 0.778. The van der Waals surface area contributed by atoms with Crippen molar-refractivity contribution < 1.29 is 44.6 Å². The highest BCUT2D eigenvalue weighted by atomic mass is 32.2. The van der Waals surface area contributed by atoms with Crippen LogP contribution in [0.15, 0.2) is 12.2 Å². The molecular formula is C18H21O10S2-. The van der Waals surface area contributed by atoms with Crippen LogP contribution in [0, 0.1) is 35.5 Å². The van der Waals surface area contributed by atoms with Gasteiger partial charge < -0.3 is 14.0 Å². The molecule has 3 saturated carbocycles. The maximum Gasteiger partial charge on any atom is 0.310 e. The lowest BCUT2D eigenvalue weighted by molar-refractivity contribution is -0.169. The van der Waals surface area contributed by atoms with E-state index in [0.29, 0.717) is 19.3 Å². The van der Waals surface area contributed by atoms with E-state index >= 15 is 0 Å². The molecular weight excluding hydrogens is 440 g/mol. The maximum atomic E-state index is 13.0. The van der Waals surface area contributed by atoms with Gasteiger partial charge in [0.2, 0.25) is 0 Å². The lowest BCUT2D eigenvalue weighted by Gasteiger charge is -2.30. The molecule has 166 valence electrons. The van der Waals surface area contributed by atoms with Crippen LogP contribution in [0.5, 0.6) is 0 Å². The zero-order valence-electron chi connectivity index (χ0n) is 15.8. The quantitative estimate of drug-likeness (QED) is 0.220. The third kappa shape index (κ3) is 3.19. The van der Waals surface area contributed by atoms with Crippen molar-refractivity contribution in [3.05, 3.63) is 12.2 Å². The molecule has 9 unspecified atom stereocenters. The maximum absolute atomic E-state index is 13.0. The lowest BCUT2D eigenvalue weighted by atomic mass is 9.83. The van der Waals surface area contributed by atoms with Gasteiger partial charge in [-0.2, -0.15) is 8.42 Å². The van der Waals surface area contributed by atoms with Crippen molar-refractivity contribution in [3.8, 4) is 0 Å². The minimum atomic E-state index is -4.51. The normalized spacial score (nSPS) is 44.5. The van der Waals surface area contributed by atoms with Crippen molar-refractivity contribution in [1.82, 2.24) is 0 Å². The first-order chi connectivity index (χ1) is 14.0. The van der Waals surface area contributed by atoms with E-state index in [9.17, 15) is 31.0 Å². The molecule has 0 N–H and O–H groups in total. The van der Waals surface area contributed by atoms with Crippen LogP contribution in [-0.4, -0.2) is 63.1 Å². The van der Waals surface area contributed by atoms with Crippen molar-refractivity contribution in [2.45, 2.75) is 36.7 Å². The number of rotatable bonds is 6. The van der Waals surface area contributed by atoms with E-state index in [0.717, 1.165) is 0 Å². The minimum Gasteiger partial charge on any atom is -0.748 e. The van der Waals surface area contributed by atoms with Crippen LogP contribution >= 0.6 is 0 Å². The molecule has 0 aromatic carbocycles. The van der Waals surface area contributed by atoms with Crippen LogP contribution in [-0.2, 0) is 43.5 Å². The van der Waals surface area contributed by atoms with Gasteiger partial charge in [0.15, 0.2) is 0 Å². The van der Waals surface area contributed by atoms with Gasteiger partial charge in [-0.15, -0.1) is 0 Å². The summed E-state index contributed by atoms with van der Waals surface area (Å²) in [4.78, 5) is 25.6. The molecule has 0 spiro atoms. The highest BCUT2D eigenvalue weighted by Crippen LogP contribution is 2.56. The van der Waals surface area contributed by atoms with Gasteiger partial charge in [-0.25, -0.2) is 8.42 Å². The van der Waals surface area contributed by atoms with E-state index in [1.54, 1.807) is 0 Å². The first-order valence-electron chi connectivity index (χ1n) is 9.96. The van der Waals surface area contributed by atoms with Crippen LogP contribution in [0.2, 0.25) is 0 Å². The summed E-state index contributed by atoms with van der Waals surface area (Å²) in [7, 11) is -8.14. The van der Waals surface area contributed by atoms with Gasteiger partial charge in [-0.05, 0) is 31.1 Å². The minimum absolute atomic E-state index is 0.0759. The Morgan fingerprint density at radius 2 is 1.73 bits per heavy atom. The Labute approximate surface area is 173 Å². The van der Waals surface area contributed by atoms with E-state index in [1.807, 2.05) is 12.2 Å². The summed E-state index contributed by atoms with van der Waals surface area (Å²) >= 11 is 0. The summed E-state index contributed by atoms with van der Waals surface area (Å²) in [6.07, 6.45) is 4.00. The first-order valence-corrected chi connectivity index (χ1v) is 13.0. The Kier molecular flexibility index (Phi) is 4.59. The van der Waals surface area contributed by atoms with Crippen molar-refractivity contribution in [2.75, 3.05) is 12.4 Å². The zero-order valence-corrected chi connectivity index (χ0v) is 17.4. The van der Waals surface area contributed by atoms with Crippen LogP contribution in [0.1, 0.15) is 19.3 Å². The third-order valence-electron chi connectivity index (χ3n) is 7.25. The van der Waals surface area contributed by atoms with Crippen LogP contribution in [0.25, 0.3) is 0 Å². The van der Waals surface area contributed by atoms with Crippen LogP contribution in [0.3, 0.4) is 0 Å². The molecule has 5 aliphatic rings. The zero-order chi connectivity index (χ0) is 21.4. The molecule has 0 aromatic rings. The van der Waals surface area contributed by atoms with Crippen molar-refractivity contribution in [3.63, 3.8) is 0 Å². The van der Waals surface area contributed by atoms with Gasteiger partial charge in [-0.3, -0.25) is 13.8 Å². The largest absolute Gasteiger partial charge is 0.748 e. The summed E-state index contributed by atoms with van der Waals surface area (Å²) in [5, 5.41) is -0.520.